The Morgan fingerprint density at radius 2 is 1.87 bits per heavy atom. The number of nitrogens with one attached hydrogen (secondary N) is 1. The molecule has 1 aromatic rings. The van der Waals surface area contributed by atoms with E-state index in [1.54, 1.807) is 26.0 Å². The first-order valence-electron chi connectivity index (χ1n) is 7.12. The average molecular weight is 324 g/mol. The van der Waals surface area contributed by atoms with Crippen molar-refractivity contribution in [3.05, 3.63) is 39.9 Å². The van der Waals surface area contributed by atoms with Gasteiger partial charge >= 0.3 is 11.9 Å². The number of carbonyl (C=O) groups is 2. The highest BCUT2D eigenvalue weighted by molar-refractivity contribution is 5.79. The van der Waals surface area contributed by atoms with Crippen LogP contribution in [0.25, 0.3) is 0 Å². The van der Waals surface area contributed by atoms with Crippen LogP contribution >= 0.6 is 0 Å². The van der Waals surface area contributed by atoms with E-state index in [1.165, 1.54) is 19.2 Å². The van der Waals surface area contributed by atoms with E-state index in [9.17, 15) is 19.7 Å². The standard InChI is InChI=1S/C15H20N2O6/c1-4-23-14(18)10(2)16-13(15(19)22-3)9-11-5-7-12(8-6-11)17(20)21/h5-8,10,13,16H,4,9H2,1-3H3/t10-,13+/m0/s1. The molecule has 0 spiro atoms. The highest BCUT2D eigenvalue weighted by Gasteiger charge is 2.25. The van der Waals surface area contributed by atoms with Crippen LogP contribution in [0.3, 0.4) is 0 Å². The first-order chi connectivity index (χ1) is 10.9. The van der Waals surface area contributed by atoms with Gasteiger partial charge in [-0.1, -0.05) is 12.1 Å². The number of carbonyl (C=O) groups excluding carboxylic acids is 2. The molecule has 8 heteroatoms. The number of hydrogen-bond donors (Lipinski definition) is 1. The van der Waals surface area contributed by atoms with Crippen LogP contribution < -0.4 is 5.32 Å². The van der Waals surface area contributed by atoms with Crippen molar-refractivity contribution in [2.45, 2.75) is 32.4 Å². The summed E-state index contributed by atoms with van der Waals surface area (Å²) in [6.07, 6.45) is 0.231. The second-order valence-electron chi connectivity index (χ2n) is 4.84. The Balaban J connectivity index is 2.80. The van der Waals surface area contributed by atoms with E-state index in [4.69, 9.17) is 9.47 Å². The van der Waals surface area contributed by atoms with E-state index in [0.29, 0.717) is 5.56 Å². The fourth-order valence-corrected chi connectivity index (χ4v) is 1.98. The molecule has 1 N–H and O–H groups in total. The van der Waals surface area contributed by atoms with Crippen LogP contribution in [0.1, 0.15) is 19.4 Å². The van der Waals surface area contributed by atoms with Gasteiger partial charge in [0.2, 0.25) is 0 Å². The van der Waals surface area contributed by atoms with E-state index >= 15 is 0 Å². The summed E-state index contributed by atoms with van der Waals surface area (Å²) in [5, 5.41) is 13.5. The molecule has 0 fully saturated rings. The quantitative estimate of drug-likeness (QED) is 0.435. The van der Waals surface area contributed by atoms with E-state index in [2.05, 4.69) is 5.32 Å². The highest BCUT2D eigenvalue weighted by atomic mass is 16.6. The molecule has 0 bridgehead atoms. The van der Waals surface area contributed by atoms with Gasteiger partial charge < -0.3 is 9.47 Å². The molecular weight excluding hydrogens is 304 g/mol. The number of nitro benzene ring substituents is 1. The Hall–Kier alpha value is -2.48. The lowest BCUT2D eigenvalue weighted by Gasteiger charge is -2.20. The number of non-ortho nitro benzene ring substituents is 1. The normalized spacial score (nSPS) is 13.0. The lowest BCUT2D eigenvalue weighted by atomic mass is 10.0. The van der Waals surface area contributed by atoms with Crippen LogP contribution in [-0.2, 0) is 25.5 Å². The topological polar surface area (TPSA) is 108 Å². The molecule has 0 aromatic heterocycles. The monoisotopic (exact) mass is 324 g/mol. The van der Waals surface area contributed by atoms with Crippen molar-refractivity contribution in [2.24, 2.45) is 0 Å². The van der Waals surface area contributed by atoms with Gasteiger partial charge in [0.25, 0.3) is 5.69 Å². The zero-order valence-corrected chi connectivity index (χ0v) is 13.3. The third-order valence-corrected chi connectivity index (χ3v) is 3.16. The SMILES string of the molecule is CCOC(=O)[C@H](C)N[C@H](Cc1ccc([N+](=O)[O-])cc1)C(=O)OC. The molecule has 126 valence electrons. The maximum absolute atomic E-state index is 11.9. The summed E-state index contributed by atoms with van der Waals surface area (Å²) in [4.78, 5) is 33.7. The van der Waals surface area contributed by atoms with Crippen molar-refractivity contribution in [3.63, 3.8) is 0 Å². The van der Waals surface area contributed by atoms with Gasteiger partial charge in [-0.2, -0.15) is 0 Å². The van der Waals surface area contributed by atoms with Crippen molar-refractivity contribution in [3.8, 4) is 0 Å². The number of nitrogens with zero attached hydrogens (tertiary/aromatic N) is 1. The predicted molar refractivity (Wildman–Crippen MR) is 81.8 cm³/mol. The third-order valence-electron chi connectivity index (χ3n) is 3.16. The van der Waals surface area contributed by atoms with Crippen LogP contribution in [0, 0.1) is 10.1 Å². The molecule has 0 saturated carbocycles. The summed E-state index contributed by atoms with van der Waals surface area (Å²) >= 11 is 0. The molecule has 2 atom stereocenters. The summed E-state index contributed by atoms with van der Waals surface area (Å²) in [5.41, 5.74) is 0.672. The van der Waals surface area contributed by atoms with E-state index in [-0.39, 0.29) is 18.7 Å². The van der Waals surface area contributed by atoms with Crippen molar-refractivity contribution in [2.75, 3.05) is 13.7 Å². The Morgan fingerprint density at radius 3 is 2.35 bits per heavy atom. The van der Waals surface area contributed by atoms with Crippen LogP contribution in [0.5, 0.6) is 0 Å². The molecule has 0 aliphatic rings. The Labute approximate surface area is 133 Å². The lowest BCUT2D eigenvalue weighted by Crippen LogP contribution is -2.47. The van der Waals surface area contributed by atoms with Gasteiger partial charge in [-0.15, -0.1) is 0 Å². The molecule has 0 saturated heterocycles. The van der Waals surface area contributed by atoms with Gasteiger partial charge in [0.15, 0.2) is 0 Å². The molecule has 8 nitrogen and oxygen atoms in total. The number of ether oxygens (including phenoxy) is 2. The fourth-order valence-electron chi connectivity index (χ4n) is 1.98. The molecule has 0 amide bonds. The second kappa shape index (κ2) is 8.84. The van der Waals surface area contributed by atoms with Crippen LogP contribution in [-0.4, -0.2) is 42.7 Å². The predicted octanol–water partition coefficient (Wildman–Crippen LogP) is 1.22. The molecule has 0 aliphatic carbocycles. The molecule has 1 rings (SSSR count). The number of rotatable bonds is 8. The van der Waals surface area contributed by atoms with E-state index in [0.717, 1.165) is 0 Å². The third kappa shape index (κ3) is 5.67. The molecule has 0 aliphatic heterocycles. The number of nitro groups is 1. The number of benzene rings is 1. The zero-order chi connectivity index (χ0) is 17.4. The Kier molecular flexibility index (Phi) is 7.14. The molecule has 0 heterocycles. The maximum atomic E-state index is 11.9. The van der Waals surface area contributed by atoms with Crippen molar-refractivity contribution in [1.82, 2.24) is 5.32 Å². The van der Waals surface area contributed by atoms with Gasteiger partial charge in [0.1, 0.15) is 12.1 Å². The smallest absolute Gasteiger partial charge is 0.323 e. The summed E-state index contributed by atoms with van der Waals surface area (Å²) in [6, 6.07) is 4.39. The minimum Gasteiger partial charge on any atom is -0.468 e. The summed E-state index contributed by atoms with van der Waals surface area (Å²) < 4.78 is 9.61. The molecule has 23 heavy (non-hydrogen) atoms. The lowest BCUT2D eigenvalue weighted by molar-refractivity contribution is -0.384. The summed E-state index contributed by atoms with van der Waals surface area (Å²) in [7, 11) is 1.25. The van der Waals surface area contributed by atoms with Crippen molar-refractivity contribution < 1.29 is 24.0 Å². The largest absolute Gasteiger partial charge is 0.468 e. The summed E-state index contributed by atoms with van der Waals surface area (Å²) in [5.74, 6) is -0.996. The number of methoxy groups -OCH3 is 1. The second-order valence-corrected chi connectivity index (χ2v) is 4.84. The van der Waals surface area contributed by atoms with Gasteiger partial charge in [-0.3, -0.25) is 25.0 Å². The van der Waals surface area contributed by atoms with Crippen LogP contribution in [0.4, 0.5) is 5.69 Å². The molecule has 0 radical (unpaired) electrons. The maximum Gasteiger partial charge on any atom is 0.323 e. The summed E-state index contributed by atoms with van der Waals surface area (Å²) in [6.45, 7) is 3.53. The van der Waals surface area contributed by atoms with E-state index < -0.39 is 28.9 Å². The van der Waals surface area contributed by atoms with Gasteiger partial charge in [0.05, 0.1) is 18.6 Å². The van der Waals surface area contributed by atoms with E-state index in [1.807, 2.05) is 0 Å². The van der Waals surface area contributed by atoms with Crippen molar-refractivity contribution in [1.29, 1.82) is 0 Å². The molecular formula is C15H20N2O6. The molecule has 1 aromatic carbocycles. The fraction of sp³-hybridized carbons (Fsp3) is 0.467. The van der Waals surface area contributed by atoms with Gasteiger partial charge in [-0.05, 0) is 25.8 Å². The van der Waals surface area contributed by atoms with Crippen LogP contribution in [0.15, 0.2) is 24.3 Å². The Morgan fingerprint density at radius 1 is 1.26 bits per heavy atom. The first kappa shape index (κ1) is 18.6. The Bertz CT molecular complexity index is 558. The van der Waals surface area contributed by atoms with Crippen molar-refractivity contribution >= 4 is 17.6 Å². The van der Waals surface area contributed by atoms with Crippen LogP contribution in [0.2, 0.25) is 0 Å². The number of esters is 2. The molecule has 0 unspecified atom stereocenters. The zero-order valence-electron chi connectivity index (χ0n) is 13.3. The highest BCUT2D eigenvalue weighted by Crippen LogP contribution is 2.14. The first-order valence-corrected chi connectivity index (χ1v) is 7.12. The number of hydrogen-bond acceptors (Lipinski definition) is 7. The van der Waals surface area contributed by atoms with Gasteiger partial charge in [0, 0.05) is 12.1 Å². The minimum absolute atomic E-state index is 0.0313. The average Bonchev–Trinajstić information content (AvgIpc) is 2.54. The minimum atomic E-state index is -0.763. The van der Waals surface area contributed by atoms with Gasteiger partial charge in [-0.25, -0.2) is 0 Å².